The summed E-state index contributed by atoms with van der Waals surface area (Å²) >= 11 is 0. The molecule has 1 heterocycles. The van der Waals surface area contributed by atoms with Gasteiger partial charge in [0.2, 0.25) is 6.43 Å². The molecule has 0 aromatic carbocycles. The van der Waals surface area contributed by atoms with Crippen LogP contribution < -0.4 is 0 Å². The number of alkyl halides is 2. The van der Waals surface area contributed by atoms with E-state index in [4.69, 9.17) is 5.11 Å². The van der Waals surface area contributed by atoms with E-state index in [9.17, 15) is 13.6 Å². The maximum atomic E-state index is 12.4. The summed E-state index contributed by atoms with van der Waals surface area (Å²) in [6.07, 6.45) is 0.359. The van der Waals surface area contributed by atoms with Crippen LogP contribution in [-0.2, 0) is 4.79 Å². The number of carboxylic acid groups (broad SMARTS) is 1. The molecule has 1 N–H and O–H groups in total. The van der Waals surface area contributed by atoms with Crippen LogP contribution in [0.15, 0.2) is 18.6 Å². The van der Waals surface area contributed by atoms with Gasteiger partial charge in [0.05, 0.1) is 18.0 Å². The summed E-state index contributed by atoms with van der Waals surface area (Å²) in [7, 11) is 0. The van der Waals surface area contributed by atoms with E-state index in [2.05, 4.69) is 9.97 Å². The Hall–Kier alpha value is -1.59. The van der Waals surface area contributed by atoms with Crippen LogP contribution in [0.1, 0.15) is 18.0 Å². The first-order chi connectivity index (χ1) is 6.61. The number of hydrogen-bond acceptors (Lipinski definition) is 3. The Bertz CT molecular complexity index is 305. The first-order valence-corrected chi connectivity index (χ1v) is 3.87. The Labute approximate surface area is 78.6 Å². The fourth-order valence-corrected chi connectivity index (χ4v) is 1.01. The molecule has 4 nitrogen and oxygen atoms in total. The van der Waals surface area contributed by atoms with Gasteiger partial charge in [-0.3, -0.25) is 14.8 Å². The van der Waals surface area contributed by atoms with Crippen LogP contribution in [0.2, 0.25) is 0 Å². The van der Waals surface area contributed by atoms with Crippen molar-refractivity contribution in [2.75, 3.05) is 0 Å². The molecule has 76 valence electrons. The van der Waals surface area contributed by atoms with Gasteiger partial charge in [-0.1, -0.05) is 0 Å². The van der Waals surface area contributed by atoms with Gasteiger partial charge in [-0.05, 0) is 0 Å². The molecular formula is C8H8F2N2O2. The van der Waals surface area contributed by atoms with Gasteiger partial charge in [0.1, 0.15) is 0 Å². The van der Waals surface area contributed by atoms with Gasteiger partial charge in [0, 0.05) is 18.6 Å². The van der Waals surface area contributed by atoms with Crippen molar-refractivity contribution in [1.29, 1.82) is 0 Å². The molecule has 0 aliphatic carbocycles. The van der Waals surface area contributed by atoms with Gasteiger partial charge in [-0.2, -0.15) is 0 Å². The maximum Gasteiger partial charge on any atom is 0.304 e. The van der Waals surface area contributed by atoms with Gasteiger partial charge in [0.15, 0.2) is 0 Å². The normalized spacial score (nSPS) is 12.8. The summed E-state index contributed by atoms with van der Waals surface area (Å²) < 4.78 is 24.8. The van der Waals surface area contributed by atoms with Gasteiger partial charge in [-0.15, -0.1) is 0 Å². The zero-order chi connectivity index (χ0) is 10.6. The minimum atomic E-state index is -2.75. The van der Waals surface area contributed by atoms with E-state index in [-0.39, 0.29) is 5.69 Å². The number of aromatic nitrogens is 2. The van der Waals surface area contributed by atoms with E-state index in [1.807, 2.05) is 0 Å². The molecule has 0 radical (unpaired) electrons. The van der Waals surface area contributed by atoms with Gasteiger partial charge >= 0.3 is 5.97 Å². The summed E-state index contributed by atoms with van der Waals surface area (Å²) in [5.74, 6) is -2.66. The summed E-state index contributed by atoms with van der Waals surface area (Å²) in [6.45, 7) is 0. The lowest BCUT2D eigenvalue weighted by Crippen LogP contribution is -2.15. The number of rotatable bonds is 4. The van der Waals surface area contributed by atoms with Gasteiger partial charge in [0.25, 0.3) is 0 Å². The second kappa shape index (κ2) is 4.59. The molecule has 1 aromatic heterocycles. The molecule has 0 saturated carbocycles. The number of halogens is 2. The molecule has 0 saturated heterocycles. The van der Waals surface area contributed by atoms with Gasteiger partial charge in [-0.25, -0.2) is 8.78 Å². The van der Waals surface area contributed by atoms with Crippen molar-refractivity contribution in [2.24, 2.45) is 0 Å². The lowest BCUT2D eigenvalue weighted by atomic mass is 10.0. The maximum absolute atomic E-state index is 12.4. The van der Waals surface area contributed by atoms with Crippen molar-refractivity contribution in [1.82, 2.24) is 9.97 Å². The highest BCUT2D eigenvalue weighted by Gasteiger charge is 2.26. The Kier molecular flexibility index (Phi) is 3.44. The molecule has 0 bridgehead atoms. The number of hydrogen-bond donors (Lipinski definition) is 1. The number of carboxylic acids is 1. The van der Waals surface area contributed by atoms with Crippen LogP contribution in [0, 0.1) is 0 Å². The third kappa shape index (κ3) is 2.72. The van der Waals surface area contributed by atoms with Crippen LogP contribution in [0.4, 0.5) is 8.78 Å². The second-order valence-electron chi connectivity index (χ2n) is 2.67. The van der Waals surface area contributed by atoms with Crippen LogP contribution in [0.5, 0.6) is 0 Å². The predicted octanol–water partition coefficient (Wildman–Crippen LogP) is 1.30. The van der Waals surface area contributed by atoms with Crippen molar-refractivity contribution < 1.29 is 18.7 Å². The van der Waals surface area contributed by atoms with Crippen LogP contribution in [0.3, 0.4) is 0 Å². The lowest BCUT2D eigenvalue weighted by Gasteiger charge is -2.11. The van der Waals surface area contributed by atoms with Crippen LogP contribution in [-0.4, -0.2) is 27.5 Å². The molecule has 1 aromatic rings. The molecule has 6 heteroatoms. The first-order valence-electron chi connectivity index (χ1n) is 3.87. The van der Waals surface area contributed by atoms with Crippen molar-refractivity contribution in [3.63, 3.8) is 0 Å². The van der Waals surface area contributed by atoms with Crippen LogP contribution in [0.25, 0.3) is 0 Å². The molecule has 0 aliphatic heterocycles. The Morgan fingerprint density at radius 3 is 2.64 bits per heavy atom. The third-order valence-corrected chi connectivity index (χ3v) is 1.66. The molecular weight excluding hydrogens is 194 g/mol. The fourth-order valence-electron chi connectivity index (χ4n) is 1.01. The van der Waals surface area contributed by atoms with Crippen molar-refractivity contribution in [3.05, 3.63) is 24.3 Å². The minimum Gasteiger partial charge on any atom is -0.481 e. The monoisotopic (exact) mass is 202 g/mol. The molecule has 1 atom stereocenters. The molecule has 1 unspecified atom stereocenters. The van der Waals surface area contributed by atoms with Crippen molar-refractivity contribution in [2.45, 2.75) is 18.8 Å². The van der Waals surface area contributed by atoms with Crippen molar-refractivity contribution >= 4 is 5.97 Å². The fraction of sp³-hybridized carbons (Fsp3) is 0.375. The van der Waals surface area contributed by atoms with Crippen LogP contribution >= 0.6 is 0 Å². The lowest BCUT2D eigenvalue weighted by molar-refractivity contribution is -0.138. The highest BCUT2D eigenvalue weighted by atomic mass is 19.3. The van der Waals surface area contributed by atoms with E-state index in [0.29, 0.717) is 0 Å². The number of nitrogens with zero attached hydrogens (tertiary/aromatic N) is 2. The molecule has 1 rings (SSSR count). The highest BCUT2D eigenvalue weighted by molar-refractivity contribution is 5.67. The predicted molar refractivity (Wildman–Crippen MR) is 43.0 cm³/mol. The van der Waals surface area contributed by atoms with Crippen molar-refractivity contribution in [3.8, 4) is 0 Å². The second-order valence-corrected chi connectivity index (χ2v) is 2.67. The number of aliphatic carboxylic acids is 1. The standard InChI is InChI=1S/C8H8F2N2O2/c9-8(10)5(3-7(13)14)6-4-11-1-2-12-6/h1-2,4-5,8H,3H2,(H,13,14). The summed E-state index contributed by atoms with van der Waals surface area (Å²) in [6, 6.07) is 0. The third-order valence-electron chi connectivity index (χ3n) is 1.66. The minimum absolute atomic E-state index is 0.00454. The zero-order valence-electron chi connectivity index (χ0n) is 7.10. The summed E-state index contributed by atoms with van der Waals surface area (Å²) in [4.78, 5) is 17.6. The number of carbonyl (C=O) groups is 1. The average Bonchev–Trinajstić information content (AvgIpc) is 2.15. The highest BCUT2D eigenvalue weighted by Crippen LogP contribution is 2.24. The molecule has 0 spiro atoms. The topological polar surface area (TPSA) is 63.1 Å². The molecule has 0 aliphatic rings. The zero-order valence-corrected chi connectivity index (χ0v) is 7.10. The first kappa shape index (κ1) is 10.5. The molecule has 0 amide bonds. The Morgan fingerprint density at radius 2 is 2.21 bits per heavy atom. The van der Waals surface area contributed by atoms with E-state index in [1.165, 1.54) is 12.4 Å². The quantitative estimate of drug-likeness (QED) is 0.799. The van der Waals surface area contributed by atoms with E-state index < -0.39 is 24.7 Å². The van der Waals surface area contributed by atoms with E-state index >= 15 is 0 Å². The molecule has 14 heavy (non-hydrogen) atoms. The smallest absolute Gasteiger partial charge is 0.304 e. The largest absolute Gasteiger partial charge is 0.481 e. The SMILES string of the molecule is O=C(O)CC(c1cnccn1)C(F)F. The summed E-state index contributed by atoms with van der Waals surface area (Å²) in [5.41, 5.74) is 0.00454. The Morgan fingerprint density at radius 1 is 1.50 bits per heavy atom. The Balaban J connectivity index is 2.83. The van der Waals surface area contributed by atoms with E-state index in [1.54, 1.807) is 0 Å². The molecule has 0 fully saturated rings. The summed E-state index contributed by atoms with van der Waals surface area (Å²) in [5, 5.41) is 8.41. The van der Waals surface area contributed by atoms with Gasteiger partial charge < -0.3 is 5.11 Å². The van der Waals surface area contributed by atoms with E-state index in [0.717, 1.165) is 6.20 Å². The average molecular weight is 202 g/mol.